The zero-order valence-electron chi connectivity index (χ0n) is 18.2. The van der Waals surface area contributed by atoms with Crippen LogP contribution < -0.4 is 10.2 Å². The molecule has 0 fully saturated rings. The van der Waals surface area contributed by atoms with Gasteiger partial charge in [0.1, 0.15) is 0 Å². The van der Waals surface area contributed by atoms with E-state index in [4.69, 9.17) is 0 Å². The lowest BCUT2D eigenvalue weighted by Crippen LogP contribution is -2.29. The quantitative estimate of drug-likeness (QED) is 0.661. The van der Waals surface area contributed by atoms with E-state index in [0.29, 0.717) is 17.8 Å². The third-order valence-corrected chi connectivity index (χ3v) is 5.02. The summed E-state index contributed by atoms with van der Waals surface area (Å²) in [5, 5.41) is 2.53. The number of anilines is 1. The van der Waals surface area contributed by atoms with Crippen molar-refractivity contribution in [3.05, 3.63) is 64.7 Å². The molecule has 0 aliphatic carbocycles. The molecule has 5 nitrogen and oxygen atoms in total. The first-order chi connectivity index (χ1) is 14.6. The van der Waals surface area contributed by atoms with Crippen molar-refractivity contribution in [1.82, 2.24) is 10.2 Å². The molecule has 0 radical (unpaired) electrons. The van der Waals surface area contributed by atoms with Crippen molar-refractivity contribution in [2.45, 2.75) is 32.5 Å². The number of rotatable bonds is 8. The Morgan fingerprint density at radius 2 is 1.68 bits per heavy atom. The van der Waals surface area contributed by atoms with Gasteiger partial charge in [-0.05, 0) is 42.3 Å². The van der Waals surface area contributed by atoms with Gasteiger partial charge in [-0.3, -0.25) is 9.59 Å². The van der Waals surface area contributed by atoms with Crippen LogP contribution in [0.3, 0.4) is 0 Å². The lowest BCUT2D eigenvalue weighted by molar-refractivity contribution is -0.137. The van der Waals surface area contributed by atoms with Gasteiger partial charge in [0, 0.05) is 45.5 Å². The van der Waals surface area contributed by atoms with Crippen molar-refractivity contribution < 1.29 is 22.8 Å². The standard InChI is InChI=1S/C23H28F3N3O2/c1-5-6-13-28(3)20-12-11-18(23(24,25)26)14-19(20)22(31)29(4)15-16-7-9-17(10-8-16)21(30)27-2/h7-12,14H,5-6,13,15H2,1-4H3,(H,27,30). The second kappa shape index (κ2) is 10.3. The fourth-order valence-corrected chi connectivity index (χ4v) is 3.19. The number of nitrogens with one attached hydrogen (secondary N) is 1. The number of hydrogen-bond donors (Lipinski definition) is 1. The Morgan fingerprint density at radius 3 is 2.23 bits per heavy atom. The molecular weight excluding hydrogens is 407 g/mol. The fraction of sp³-hybridized carbons (Fsp3) is 0.391. The van der Waals surface area contributed by atoms with Gasteiger partial charge in [0.15, 0.2) is 0 Å². The van der Waals surface area contributed by atoms with E-state index >= 15 is 0 Å². The van der Waals surface area contributed by atoms with E-state index in [1.54, 1.807) is 38.4 Å². The molecule has 0 bridgehead atoms. The summed E-state index contributed by atoms with van der Waals surface area (Å²) < 4.78 is 39.8. The molecule has 2 aromatic rings. The molecule has 8 heteroatoms. The third-order valence-electron chi connectivity index (χ3n) is 5.02. The van der Waals surface area contributed by atoms with Crippen LogP contribution in [0.25, 0.3) is 0 Å². The van der Waals surface area contributed by atoms with Crippen LogP contribution in [0.4, 0.5) is 18.9 Å². The number of benzene rings is 2. The normalized spacial score (nSPS) is 11.2. The monoisotopic (exact) mass is 435 g/mol. The van der Waals surface area contributed by atoms with E-state index in [2.05, 4.69) is 5.32 Å². The lowest BCUT2D eigenvalue weighted by Gasteiger charge is -2.25. The molecule has 0 aliphatic heterocycles. The lowest BCUT2D eigenvalue weighted by atomic mass is 10.0. The molecular formula is C23H28F3N3O2. The molecule has 0 aliphatic rings. The molecule has 0 spiro atoms. The number of nitrogens with zero attached hydrogens (tertiary/aromatic N) is 2. The molecule has 0 heterocycles. The van der Waals surface area contributed by atoms with E-state index in [1.807, 2.05) is 11.8 Å². The van der Waals surface area contributed by atoms with Crippen molar-refractivity contribution in [3.63, 3.8) is 0 Å². The summed E-state index contributed by atoms with van der Waals surface area (Å²) in [7, 11) is 4.85. The molecule has 31 heavy (non-hydrogen) atoms. The molecule has 168 valence electrons. The van der Waals surface area contributed by atoms with Gasteiger partial charge in [-0.15, -0.1) is 0 Å². The minimum absolute atomic E-state index is 0.0120. The van der Waals surface area contributed by atoms with Gasteiger partial charge in [0.25, 0.3) is 11.8 Å². The van der Waals surface area contributed by atoms with Crippen molar-refractivity contribution in [3.8, 4) is 0 Å². The maximum atomic E-state index is 13.3. The van der Waals surface area contributed by atoms with E-state index in [9.17, 15) is 22.8 Å². The summed E-state index contributed by atoms with van der Waals surface area (Å²) in [6, 6.07) is 10.0. The average molecular weight is 435 g/mol. The Balaban J connectivity index is 2.30. The van der Waals surface area contributed by atoms with Crippen LogP contribution in [0, 0.1) is 0 Å². The molecule has 2 amide bonds. The maximum Gasteiger partial charge on any atom is 0.416 e. The number of halogens is 3. The summed E-state index contributed by atoms with van der Waals surface area (Å²) >= 11 is 0. The minimum atomic E-state index is -4.54. The first-order valence-electron chi connectivity index (χ1n) is 10.1. The summed E-state index contributed by atoms with van der Waals surface area (Å²) in [5.74, 6) is -0.723. The first-order valence-corrected chi connectivity index (χ1v) is 10.1. The Hall–Kier alpha value is -3.03. The van der Waals surface area contributed by atoms with Gasteiger partial charge in [0.05, 0.1) is 11.1 Å². The number of carbonyl (C=O) groups excluding carboxylic acids is 2. The fourth-order valence-electron chi connectivity index (χ4n) is 3.19. The highest BCUT2D eigenvalue weighted by molar-refractivity contribution is 6.00. The van der Waals surface area contributed by atoms with Crippen LogP contribution in [0.15, 0.2) is 42.5 Å². The van der Waals surface area contributed by atoms with Gasteiger partial charge in [-0.2, -0.15) is 13.2 Å². The molecule has 0 saturated heterocycles. The van der Waals surface area contributed by atoms with Crippen molar-refractivity contribution >= 4 is 17.5 Å². The van der Waals surface area contributed by atoms with Crippen LogP contribution >= 0.6 is 0 Å². The van der Waals surface area contributed by atoms with Gasteiger partial charge in [-0.1, -0.05) is 25.5 Å². The van der Waals surface area contributed by atoms with Gasteiger partial charge in [0.2, 0.25) is 0 Å². The second-order valence-corrected chi connectivity index (χ2v) is 7.44. The number of alkyl halides is 3. The zero-order chi connectivity index (χ0) is 23.2. The van der Waals surface area contributed by atoms with E-state index in [0.717, 1.165) is 30.5 Å². The number of carbonyl (C=O) groups is 2. The summed E-state index contributed by atoms with van der Waals surface area (Å²) in [4.78, 5) is 28.0. The van der Waals surface area contributed by atoms with Crippen LogP contribution in [0.1, 0.15) is 51.6 Å². The zero-order valence-corrected chi connectivity index (χ0v) is 18.2. The van der Waals surface area contributed by atoms with Crippen LogP contribution in [-0.2, 0) is 12.7 Å². The van der Waals surface area contributed by atoms with Crippen LogP contribution in [0.2, 0.25) is 0 Å². The number of hydrogen-bond acceptors (Lipinski definition) is 3. The Morgan fingerprint density at radius 1 is 1.03 bits per heavy atom. The van der Waals surface area contributed by atoms with Gasteiger partial charge in [-0.25, -0.2) is 0 Å². The van der Waals surface area contributed by atoms with E-state index in [1.165, 1.54) is 18.0 Å². The molecule has 2 aromatic carbocycles. The van der Waals surface area contributed by atoms with Crippen LogP contribution in [-0.4, -0.2) is 44.4 Å². The van der Waals surface area contributed by atoms with Crippen molar-refractivity contribution in [2.24, 2.45) is 0 Å². The van der Waals surface area contributed by atoms with Gasteiger partial charge < -0.3 is 15.1 Å². The molecule has 0 unspecified atom stereocenters. The van der Waals surface area contributed by atoms with Crippen molar-refractivity contribution in [1.29, 1.82) is 0 Å². The van der Waals surface area contributed by atoms with Crippen molar-refractivity contribution in [2.75, 3.05) is 32.6 Å². The minimum Gasteiger partial charge on any atom is -0.374 e. The molecule has 0 aromatic heterocycles. The van der Waals surface area contributed by atoms with Gasteiger partial charge >= 0.3 is 6.18 Å². The summed E-state index contributed by atoms with van der Waals surface area (Å²) in [6.45, 7) is 2.85. The number of amides is 2. The average Bonchev–Trinajstić information content (AvgIpc) is 2.75. The van der Waals surface area contributed by atoms with E-state index in [-0.39, 0.29) is 18.0 Å². The Bertz CT molecular complexity index is 911. The highest BCUT2D eigenvalue weighted by Gasteiger charge is 2.32. The highest BCUT2D eigenvalue weighted by Crippen LogP contribution is 2.33. The topological polar surface area (TPSA) is 52.7 Å². The predicted molar refractivity (Wildman–Crippen MR) is 115 cm³/mol. The predicted octanol–water partition coefficient (Wildman–Crippen LogP) is 4.57. The highest BCUT2D eigenvalue weighted by atomic mass is 19.4. The third kappa shape index (κ3) is 6.23. The molecule has 0 saturated carbocycles. The molecule has 1 N–H and O–H groups in total. The van der Waals surface area contributed by atoms with E-state index < -0.39 is 17.6 Å². The Labute approximate surface area is 180 Å². The molecule has 2 rings (SSSR count). The maximum absolute atomic E-state index is 13.3. The second-order valence-electron chi connectivity index (χ2n) is 7.44. The smallest absolute Gasteiger partial charge is 0.374 e. The first kappa shape index (κ1) is 24.2. The SMILES string of the molecule is CCCCN(C)c1ccc(C(F)(F)F)cc1C(=O)N(C)Cc1ccc(C(=O)NC)cc1. The summed E-state index contributed by atoms with van der Waals surface area (Å²) in [5.41, 5.74) is 0.868. The van der Waals surface area contributed by atoms with Crippen LogP contribution in [0.5, 0.6) is 0 Å². The number of unbranched alkanes of at least 4 members (excludes halogenated alkanes) is 1. The Kier molecular flexibility index (Phi) is 8.08. The summed E-state index contributed by atoms with van der Waals surface area (Å²) in [6.07, 6.45) is -2.75. The largest absolute Gasteiger partial charge is 0.416 e. The molecule has 0 atom stereocenters.